The summed E-state index contributed by atoms with van der Waals surface area (Å²) in [7, 11) is 0. The Bertz CT molecular complexity index is 554. The van der Waals surface area contributed by atoms with Crippen molar-refractivity contribution in [2.45, 2.75) is 39.7 Å². The molecule has 1 N–H and O–H groups in total. The van der Waals surface area contributed by atoms with Crippen molar-refractivity contribution in [1.29, 1.82) is 0 Å². The van der Waals surface area contributed by atoms with Gasteiger partial charge in [0.2, 0.25) is 24.1 Å². The molecule has 0 saturated heterocycles. The molecule has 23 heavy (non-hydrogen) atoms. The summed E-state index contributed by atoms with van der Waals surface area (Å²) in [6, 6.07) is 6.97. The van der Waals surface area contributed by atoms with Crippen LogP contribution in [0.1, 0.15) is 54.3 Å². The van der Waals surface area contributed by atoms with E-state index in [-0.39, 0.29) is 50.9 Å². The Morgan fingerprint density at radius 3 is 2.48 bits per heavy atom. The van der Waals surface area contributed by atoms with E-state index in [0.29, 0.717) is 24.0 Å². The number of carbonyl (C=O) groups is 4. The van der Waals surface area contributed by atoms with Gasteiger partial charge in [-0.3, -0.25) is 29.4 Å². The van der Waals surface area contributed by atoms with E-state index in [4.69, 9.17) is 0 Å². The van der Waals surface area contributed by atoms with Gasteiger partial charge in [0.15, 0.2) is 0 Å². The molecule has 0 saturated carbocycles. The van der Waals surface area contributed by atoms with Crippen LogP contribution >= 0.6 is 0 Å². The molecular formula is C16H19N2O4Y-. The first kappa shape index (κ1) is 21.6. The first-order valence-electron chi connectivity index (χ1n) is 7.17. The fourth-order valence-electron chi connectivity index (χ4n) is 2.15. The molecule has 2 rings (SSSR count). The van der Waals surface area contributed by atoms with Crippen molar-refractivity contribution in [3.8, 4) is 0 Å². The number of hydrogen-bond acceptors (Lipinski definition) is 4. The second-order valence-electron chi connectivity index (χ2n) is 4.53. The molecule has 1 radical (unpaired) electrons. The predicted octanol–water partition coefficient (Wildman–Crippen LogP) is 1.55. The summed E-state index contributed by atoms with van der Waals surface area (Å²) in [5.41, 5.74) is 0.694. The van der Waals surface area contributed by atoms with Gasteiger partial charge < -0.3 is 0 Å². The van der Waals surface area contributed by atoms with Gasteiger partial charge in [-0.2, -0.15) is 24.3 Å². The molecule has 1 aliphatic rings. The van der Waals surface area contributed by atoms with Crippen LogP contribution in [-0.4, -0.2) is 35.1 Å². The Labute approximate surface area is 160 Å². The van der Waals surface area contributed by atoms with Crippen molar-refractivity contribution in [1.82, 2.24) is 10.2 Å². The minimum atomic E-state index is -0.434. The van der Waals surface area contributed by atoms with Gasteiger partial charge in [-0.05, 0) is 13.3 Å². The van der Waals surface area contributed by atoms with Gasteiger partial charge in [-0.1, -0.05) is 25.0 Å². The number of rotatable bonds is 5. The molecule has 1 aromatic rings. The van der Waals surface area contributed by atoms with Crippen molar-refractivity contribution >= 4 is 24.1 Å². The van der Waals surface area contributed by atoms with E-state index >= 15 is 0 Å². The maximum Gasteiger partial charge on any atom is 0.236 e. The quantitative estimate of drug-likeness (QED) is 0.468. The van der Waals surface area contributed by atoms with E-state index < -0.39 is 11.9 Å². The topological polar surface area (TPSA) is 83.6 Å². The maximum absolute atomic E-state index is 12.2. The van der Waals surface area contributed by atoms with Gasteiger partial charge >= 0.3 is 0 Å². The van der Waals surface area contributed by atoms with Gasteiger partial charge in [0.25, 0.3) is 0 Å². The van der Waals surface area contributed by atoms with Crippen LogP contribution in [-0.2, 0) is 42.3 Å². The number of nitrogens with zero attached hydrogens (tertiary/aromatic N) is 1. The first-order chi connectivity index (χ1) is 10.6. The van der Waals surface area contributed by atoms with E-state index in [2.05, 4.69) is 6.07 Å². The molecule has 1 heterocycles. The summed E-state index contributed by atoms with van der Waals surface area (Å²) in [6.07, 6.45) is 0.680. The molecule has 0 bridgehead atoms. The summed E-state index contributed by atoms with van der Waals surface area (Å²) >= 11 is 0. The average Bonchev–Trinajstić information content (AvgIpc) is 2.79. The molecule has 121 valence electrons. The zero-order valence-electron chi connectivity index (χ0n) is 13.5. The van der Waals surface area contributed by atoms with Crippen molar-refractivity contribution in [2.24, 2.45) is 0 Å². The largest absolute Gasteiger partial charge is 0.299 e. The van der Waals surface area contributed by atoms with Crippen LogP contribution in [0.4, 0.5) is 0 Å². The molecular weight excluding hydrogens is 373 g/mol. The smallest absolute Gasteiger partial charge is 0.236 e. The maximum atomic E-state index is 12.2. The van der Waals surface area contributed by atoms with Crippen LogP contribution in [0.15, 0.2) is 18.2 Å². The summed E-state index contributed by atoms with van der Waals surface area (Å²) in [6.45, 7) is 5.69. The minimum absolute atomic E-state index is 0. The molecule has 1 atom stereocenters. The summed E-state index contributed by atoms with van der Waals surface area (Å²) in [4.78, 5) is 46.8. The number of hydrogen-bond donors (Lipinski definition) is 1. The van der Waals surface area contributed by atoms with Gasteiger partial charge in [0.1, 0.15) is 0 Å². The molecule has 1 aromatic carbocycles. The molecule has 1 aliphatic heterocycles. The third-order valence-corrected chi connectivity index (χ3v) is 3.21. The Morgan fingerprint density at radius 1 is 1.30 bits per heavy atom. The van der Waals surface area contributed by atoms with E-state index in [1.807, 2.05) is 19.2 Å². The van der Waals surface area contributed by atoms with Gasteiger partial charge in [0, 0.05) is 45.2 Å². The van der Waals surface area contributed by atoms with Gasteiger partial charge in [-0.15, -0.1) is 0 Å². The number of amides is 4. The fraction of sp³-hybridized carbons (Fsp3) is 0.375. The second-order valence-corrected chi connectivity index (χ2v) is 4.53. The minimum Gasteiger partial charge on any atom is -0.299 e. The summed E-state index contributed by atoms with van der Waals surface area (Å²) in [5.74, 6) is -1.16. The van der Waals surface area contributed by atoms with E-state index in [1.165, 1.54) is 6.07 Å². The van der Waals surface area contributed by atoms with Crippen LogP contribution in [0.3, 0.4) is 0 Å². The molecule has 0 spiro atoms. The van der Waals surface area contributed by atoms with Gasteiger partial charge in [-0.25, -0.2) is 0 Å². The zero-order chi connectivity index (χ0) is 16.7. The third kappa shape index (κ3) is 5.04. The van der Waals surface area contributed by atoms with Gasteiger partial charge in [0.05, 0.1) is 0 Å². The number of fused-ring (bicyclic) bond motifs is 1. The average molecular weight is 392 g/mol. The fourth-order valence-corrected chi connectivity index (χ4v) is 2.15. The van der Waals surface area contributed by atoms with E-state index in [0.717, 1.165) is 4.90 Å². The number of imide groups is 2. The monoisotopic (exact) mass is 392 g/mol. The molecule has 0 aliphatic carbocycles. The van der Waals surface area contributed by atoms with Crippen LogP contribution in [0, 0.1) is 6.07 Å². The van der Waals surface area contributed by atoms with Crippen LogP contribution in [0.5, 0.6) is 0 Å². The van der Waals surface area contributed by atoms with E-state index in [9.17, 15) is 19.2 Å². The second kappa shape index (κ2) is 10.4. The molecule has 1 unspecified atom stereocenters. The van der Waals surface area contributed by atoms with Crippen molar-refractivity contribution in [3.05, 3.63) is 35.4 Å². The SMILES string of the molecule is CC.CC(CCC(=O)NC=O)N1C(=O)c2c[c-]ccc2C1=O.[Y]. The molecule has 7 heteroatoms. The Hall–Kier alpha value is -1.40. The summed E-state index contributed by atoms with van der Waals surface area (Å²) in [5, 5.41) is 2.02. The normalized spacial score (nSPS) is 13.3. The number of nitrogens with one attached hydrogen (secondary N) is 1. The zero-order valence-corrected chi connectivity index (χ0v) is 16.3. The predicted molar refractivity (Wildman–Crippen MR) is 80.0 cm³/mol. The van der Waals surface area contributed by atoms with Crippen LogP contribution in [0.2, 0.25) is 0 Å². The van der Waals surface area contributed by atoms with Crippen LogP contribution in [0.25, 0.3) is 0 Å². The Balaban J connectivity index is 0.00000155. The molecule has 6 nitrogen and oxygen atoms in total. The summed E-state index contributed by atoms with van der Waals surface area (Å²) < 4.78 is 0. The van der Waals surface area contributed by atoms with Crippen LogP contribution < -0.4 is 5.32 Å². The number of carbonyl (C=O) groups excluding carboxylic acids is 4. The standard InChI is InChI=1S/C14H13N2O4.C2H6.Y/c1-9(6-7-12(18)15-8-17)16-13(19)10-4-2-3-5-11(10)14(16)20;1-2;/h2,4-5,8-9H,6-7H2,1H3,(H,15,17,18);1-2H3;/q-1;;. The van der Waals surface area contributed by atoms with Crippen molar-refractivity contribution in [3.63, 3.8) is 0 Å². The molecule has 0 aromatic heterocycles. The van der Waals surface area contributed by atoms with Crippen molar-refractivity contribution in [2.75, 3.05) is 0 Å². The van der Waals surface area contributed by atoms with E-state index in [1.54, 1.807) is 19.1 Å². The first-order valence-corrected chi connectivity index (χ1v) is 7.17. The Morgan fingerprint density at radius 2 is 1.91 bits per heavy atom. The number of benzene rings is 1. The third-order valence-electron chi connectivity index (χ3n) is 3.21. The molecule has 0 fully saturated rings. The Kier molecular flexibility index (Phi) is 9.76. The van der Waals surface area contributed by atoms with Crippen molar-refractivity contribution < 1.29 is 51.9 Å². The molecule has 4 amide bonds.